The number of carbonyl (C=O) groups excluding carboxylic acids is 1. The quantitative estimate of drug-likeness (QED) is 0.464. The highest BCUT2D eigenvalue weighted by Gasteiger charge is 2.20. The number of benzene rings is 2. The molecular formula is C29H29N3O4. The summed E-state index contributed by atoms with van der Waals surface area (Å²) >= 11 is 0. The van der Waals surface area contributed by atoms with Crippen LogP contribution in [0.15, 0.2) is 81.7 Å². The highest BCUT2D eigenvalue weighted by atomic mass is 16.5. The van der Waals surface area contributed by atoms with Gasteiger partial charge in [-0.25, -0.2) is 0 Å². The molecular weight excluding hydrogens is 454 g/mol. The van der Waals surface area contributed by atoms with E-state index in [2.05, 4.69) is 11.0 Å². The highest BCUT2D eigenvalue weighted by Crippen LogP contribution is 2.24. The van der Waals surface area contributed by atoms with Crippen molar-refractivity contribution in [3.63, 3.8) is 0 Å². The SMILES string of the molecule is CC(C)=CC(=O)N1CCN(Cc2cc(=O)c(OCc3ccc(-c4ccccc4C#N)cc3)co2)CC1. The van der Waals surface area contributed by atoms with Crippen LogP contribution in [0.4, 0.5) is 0 Å². The number of carbonyl (C=O) groups is 1. The molecule has 7 nitrogen and oxygen atoms in total. The zero-order valence-electron chi connectivity index (χ0n) is 20.6. The minimum Gasteiger partial charge on any atom is -0.482 e. The first-order valence-electron chi connectivity index (χ1n) is 11.9. The summed E-state index contributed by atoms with van der Waals surface area (Å²) in [6.45, 7) is 7.30. The number of amides is 1. The molecule has 0 saturated carbocycles. The summed E-state index contributed by atoms with van der Waals surface area (Å²) in [6.07, 6.45) is 3.03. The second kappa shape index (κ2) is 11.5. The second-order valence-electron chi connectivity index (χ2n) is 9.04. The topological polar surface area (TPSA) is 86.8 Å². The molecule has 184 valence electrons. The molecule has 7 heteroatoms. The van der Waals surface area contributed by atoms with E-state index in [4.69, 9.17) is 9.15 Å². The predicted molar refractivity (Wildman–Crippen MR) is 137 cm³/mol. The van der Waals surface area contributed by atoms with Crippen LogP contribution in [0.5, 0.6) is 5.75 Å². The largest absolute Gasteiger partial charge is 0.482 e. The number of hydrogen-bond acceptors (Lipinski definition) is 6. The molecule has 2 aromatic carbocycles. The maximum atomic E-state index is 12.6. The van der Waals surface area contributed by atoms with E-state index in [0.29, 0.717) is 31.0 Å². The molecule has 1 amide bonds. The highest BCUT2D eigenvalue weighted by molar-refractivity contribution is 5.88. The first kappa shape index (κ1) is 25.0. The van der Waals surface area contributed by atoms with Crippen molar-refractivity contribution in [1.29, 1.82) is 5.26 Å². The van der Waals surface area contributed by atoms with Crippen molar-refractivity contribution in [2.45, 2.75) is 27.0 Å². The Kier molecular flexibility index (Phi) is 7.99. The second-order valence-corrected chi connectivity index (χ2v) is 9.04. The standard InChI is InChI=1S/C29H29N3O4/c1-21(2)15-29(34)32-13-11-31(12-14-32)18-25-16-27(33)28(20-35-25)36-19-22-7-9-23(10-8-22)26-6-4-3-5-24(26)17-30/h3-10,15-16,20H,11-14,18-19H2,1-2H3. The van der Waals surface area contributed by atoms with Gasteiger partial charge in [0.15, 0.2) is 0 Å². The van der Waals surface area contributed by atoms with Crippen LogP contribution in [0.25, 0.3) is 11.1 Å². The number of piperazine rings is 1. The molecule has 0 aliphatic carbocycles. The van der Waals surface area contributed by atoms with E-state index < -0.39 is 0 Å². The predicted octanol–water partition coefficient (Wildman–Crippen LogP) is 4.37. The van der Waals surface area contributed by atoms with E-state index in [1.807, 2.05) is 61.2 Å². The summed E-state index contributed by atoms with van der Waals surface area (Å²) in [5, 5.41) is 9.31. The Balaban J connectivity index is 1.31. The van der Waals surface area contributed by atoms with E-state index in [-0.39, 0.29) is 23.7 Å². The van der Waals surface area contributed by atoms with E-state index in [1.165, 1.54) is 12.3 Å². The zero-order valence-corrected chi connectivity index (χ0v) is 20.6. The van der Waals surface area contributed by atoms with Gasteiger partial charge in [0, 0.05) is 38.3 Å². The summed E-state index contributed by atoms with van der Waals surface area (Å²) in [5.41, 5.74) is 4.11. The Morgan fingerprint density at radius 3 is 2.47 bits per heavy atom. The summed E-state index contributed by atoms with van der Waals surface area (Å²) in [6, 6.07) is 18.9. The Bertz CT molecular complexity index is 1340. The number of ether oxygens (including phenoxy) is 1. The van der Waals surface area contributed by atoms with Crippen LogP contribution in [0, 0.1) is 11.3 Å². The van der Waals surface area contributed by atoms with Crippen molar-refractivity contribution in [1.82, 2.24) is 9.80 Å². The van der Waals surface area contributed by atoms with Gasteiger partial charge in [-0.3, -0.25) is 14.5 Å². The molecule has 0 atom stereocenters. The van der Waals surface area contributed by atoms with Gasteiger partial charge >= 0.3 is 0 Å². The maximum Gasteiger partial charge on any atom is 0.246 e. The van der Waals surface area contributed by atoms with Crippen LogP contribution >= 0.6 is 0 Å². The number of rotatable bonds is 7. The molecule has 4 rings (SSSR count). The van der Waals surface area contributed by atoms with Crippen molar-refractivity contribution < 1.29 is 13.9 Å². The van der Waals surface area contributed by atoms with Crippen molar-refractivity contribution in [3.8, 4) is 22.9 Å². The smallest absolute Gasteiger partial charge is 0.246 e. The van der Waals surface area contributed by atoms with Gasteiger partial charge in [0.1, 0.15) is 18.6 Å². The van der Waals surface area contributed by atoms with E-state index in [0.717, 1.165) is 35.4 Å². The van der Waals surface area contributed by atoms with Crippen LogP contribution in [0.1, 0.15) is 30.7 Å². The average molecular weight is 484 g/mol. The number of allylic oxidation sites excluding steroid dienone is 1. The van der Waals surface area contributed by atoms with Gasteiger partial charge in [-0.1, -0.05) is 48.0 Å². The number of nitriles is 1. The molecule has 0 bridgehead atoms. The maximum absolute atomic E-state index is 12.6. The monoisotopic (exact) mass is 483 g/mol. The Morgan fingerprint density at radius 2 is 1.81 bits per heavy atom. The average Bonchev–Trinajstić information content (AvgIpc) is 2.88. The lowest BCUT2D eigenvalue weighted by Crippen LogP contribution is -2.47. The minimum absolute atomic E-state index is 0.0457. The lowest BCUT2D eigenvalue weighted by Gasteiger charge is -2.33. The molecule has 2 heterocycles. The molecule has 1 fully saturated rings. The molecule has 0 radical (unpaired) electrons. The summed E-state index contributed by atoms with van der Waals surface area (Å²) in [7, 11) is 0. The summed E-state index contributed by atoms with van der Waals surface area (Å²) in [4.78, 5) is 28.7. The van der Waals surface area contributed by atoms with Gasteiger partial charge in [0.05, 0.1) is 18.2 Å². The molecule has 1 aliphatic rings. The van der Waals surface area contributed by atoms with Gasteiger partial charge in [-0.05, 0) is 36.6 Å². The van der Waals surface area contributed by atoms with Gasteiger partial charge in [0.25, 0.3) is 0 Å². The molecule has 36 heavy (non-hydrogen) atoms. The number of nitrogens with zero attached hydrogens (tertiary/aromatic N) is 3. The van der Waals surface area contributed by atoms with Crippen LogP contribution in [-0.2, 0) is 17.9 Å². The fourth-order valence-corrected chi connectivity index (χ4v) is 4.09. The first-order chi connectivity index (χ1) is 17.4. The van der Waals surface area contributed by atoms with E-state index >= 15 is 0 Å². The van der Waals surface area contributed by atoms with Crippen molar-refractivity contribution in [3.05, 3.63) is 99.6 Å². The van der Waals surface area contributed by atoms with Crippen molar-refractivity contribution in [2.75, 3.05) is 26.2 Å². The third kappa shape index (κ3) is 6.29. The van der Waals surface area contributed by atoms with Gasteiger partial charge in [-0.2, -0.15) is 5.26 Å². The van der Waals surface area contributed by atoms with Gasteiger partial charge in [0.2, 0.25) is 17.1 Å². The molecule has 1 saturated heterocycles. The minimum atomic E-state index is -0.229. The summed E-state index contributed by atoms with van der Waals surface area (Å²) in [5.74, 6) is 0.774. The Morgan fingerprint density at radius 1 is 1.08 bits per heavy atom. The number of hydrogen-bond donors (Lipinski definition) is 0. The molecule has 1 aromatic heterocycles. The fraction of sp³-hybridized carbons (Fsp3) is 0.276. The zero-order chi connectivity index (χ0) is 25.5. The molecule has 0 unspecified atom stereocenters. The van der Waals surface area contributed by atoms with Crippen LogP contribution in [-0.4, -0.2) is 41.9 Å². The van der Waals surface area contributed by atoms with E-state index in [9.17, 15) is 14.9 Å². The first-order valence-corrected chi connectivity index (χ1v) is 11.9. The Labute approximate surface area is 210 Å². The normalized spacial score (nSPS) is 13.6. The molecule has 0 spiro atoms. The van der Waals surface area contributed by atoms with Crippen LogP contribution in [0.2, 0.25) is 0 Å². The fourth-order valence-electron chi connectivity index (χ4n) is 4.09. The van der Waals surface area contributed by atoms with E-state index in [1.54, 1.807) is 12.1 Å². The van der Waals surface area contributed by atoms with Crippen LogP contribution in [0.3, 0.4) is 0 Å². The lowest BCUT2D eigenvalue weighted by molar-refractivity contribution is -0.127. The van der Waals surface area contributed by atoms with Crippen LogP contribution < -0.4 is 10.2 Å². The third-order valence-corrected chi connectivity index (χ3v) is 6.03. The van der Waals surface area contributed by atoms with Crippen molar-refractivity contribution >= 4 is 5.91 Å². The molecule has 1 aliphatic heterocycles. The molecule has 3 aromatic rings. The third-order valence-electron chi connectivity index (χ3n) is 6.03. The van der Waals surface area contributed by atoms with Gasteiger partial charge in [-0.15, -0.1) is 0 Å². The van der Waals surface area contributed by atoms with Crippen molar-refractivity contribution in [2.24, 2.45) is 0 Å². The lowest BCUT2D eigenvalue weighted by atomic mass is 9.99. The van der Waals surface area contributed by atoms with Gasteiger partial charge < -0.3 is 14.1 Å². The summed E-state index contributed by atoms with van der Waals surface area (Å²) < 4.78 is 11.4. The molecule has 0 N–H and O–H groups in total. The Hall–Kier alpha value is -4.15.